The van der Waals surface area contributed by atoms with E-state index in [9.17, 15) is 9.90 Å². The number of nitrogens with zero attached hydrogens (tertiary/aromatic N) is 1. The second-order valence-corrected chi connectivity index (χ2v) is 7.44. The molecule has 1 fully saturated rings. The lowest BCUT2D eigenvalue weighted by Crippen LogP contribution is -2.49. The third kappa shape index (κ3) is 4.71. The molecule has 4 heteroatoms. The van der Waals surface area contributed by atoms with Gasteiger partial charge in [-0.1, -0.05) is 29.8 Å². The topological polar surface area (TPSA) is 49.8 Å². The average Bonchev–Trinajstić information content (AvgIpc) is 2.48. The van der Waals surface area contributed by atoms with Crippen molar-refractivity contribution in [1.82, 2.24) is 4.90 Å². The molecule has 0 saturated carbocycles. The van der Waals surface area contributed by atoms with Crippen LogP contribution in [0.15, 0.2) is 24.3 Å². The van der Waals surface area contributed by atoms with Gasteiger partial charge in [-0.3, -0.25) is 0 Å². The molecule has 0 radical (unpaired) electrons. The maximum absolute atomic E-state index is 12.6. The number of rotatable bonds is 3. The molecule has 0 aromatic heterocycles. The Hall–Kier alpha value is -1.55. The minimum Gasteiger partial charge on any atom is -0.444 e. The fourth-order valence-corrected chi connectivity index (χ4v) is 3.19. The Bertz CT molecular complexity index is 518. The number of likely N-dealkylation sites (tertiary alicyclic amines) is 1. The van der Waals surface area contributed by atoms with Gasteiger partial charge < -0.3 is 14.7 Å². The fourth-order valence-electron chi connectivity index (χ4n) is 3.19. The number of benzene rings is 1. The molecule has 0 aliphatic carbocycles. The van der Waals surface area contributed by atoms with E-state index in [1.165, 1.54) is 5.56 Å². The van der Waals surface area contributed by atoms with Crippen LogP contribution >= 0.6 is 0 Å². The zero-order chi connectivity index (χ0) is 17.0. The summed E-state index contributed by atoms with van der Waals surface area (Å²) < 4.78 is 5.56. The zero-order valence-electron chi connectivity index (χ0n) is 14.7. The second kappa shape index (κ2) is 7.35. The van der Waals surface area contributed by atoms with Crippen LogP contribution in [0, 0.1) is 6.92 Å². The number of hydrogen-bond donors (Lipinski definition) is 1. The van der Waals surface area contributed by atoms with Gasteiger partial charge in [0.05, 0.1) is 6.61 Å². The number of aliphatic hydroxyl groups is 1. The summed E-state index contributed by atoms with van der Waals surface area (Å²) in [4.78, 5) is 14.4. The third-order valence-electron chi connectivity index (χ3n) is 4.34. The van der Waals surface area contributed by atoms with E-state index in [1.807, 2.05) is 32.6 Å². The summed E-state index contributed by atoms with van der Waals surface area (Å²) in [6, 6.07) is 8.21. The van der Waals surface area contributed by atoms with Gasteiger partial charge in [0.1, 0.15) is 5.60 Å². The molecule has 1 aliphatic heterocycles. The molecule has 23 heavy (non-hydrogen) atoms. The molecule has 2 rings (SSSR count). The lowest BCUT2D eigenvalue weighted by Gasteiger charge is -2.40. The monoisotopic (exact) mass is 319 g/mol. The quantitative estimate of drug-likeness (QED) is 0.920. The van der Waals surface area contributed by atoms with Gasteiger partial charge in [-0.15, -0.1) is 0 Å². The minimum atomic E-state index is -0.502. The summed E-state index contributed by atoms with van der Waals surface area (Å²) in [5.41, 5.74) is 1.77. The molecule has 1 N–H and O–H groups in total. The van der Waals surface area contributed by atoms with E-state index in [1.54, 1.807) is 0 Å². The fraction of sp³-hybridized carbons (Fsp3) is 0.632. The van der Waals surface area contributed by atoms with Crippen LogP contribution in [0.5, 0.6) is 0 Å². The molecular weight excluding hydrogens is 290 g/mol. The highest BCUT2D eigenvalue weighted by atomic mass is 16.6. The Morgan fingerprint density at radius 2 is 1.96 bits per heavy atom. The van der Waals surface area contributed by atoms with Gasteiger partial charge in [0.15, 0.2) is 0 Å². The number of piperidine rings is 1. The standard InChI is InChI=1S/C19H29NO3/c1-14-8-10-15(11-9-14)16(13-21)17-7-5-6-12-20(17)18(22)23-19(2,3)4/h8-11,16-17,21H,5-7,12-13H2,1-4H3/t16-,17?/m0/s1. The van der Waals surface area contributed by atoms with Crippen molar-refractivity contribution in [2.75, 3.05) is 13.2 Å². The Balaban J connectivity index is 2.21. The van der Waals surface area contributed by atoms with Crippen molar-refractivity contribution in [3.05, 3.63) is 35.4 Å². The van der Waals surface area contributed by atoms with E-state index in [0.29, 0.717) is 6.54 Å². The molecule has 1 aromatic rings. The van der Waals surface area contributed by atoms with Crippen LogP contribution in [0.4, 0.5) is 4.79 Å². The van der Waals surface area contributed by atoms with Gasteiger partial charge in [-0.2, -0.15) is 0 Å². The van der Waals surface area contributed by atoms with Crippen LogP contribution in [-0.4, -0.2) is 40.9 Å². The van der Waals surface area contributed by atoms with Crippen molar-refractivity contribution in [3.63, 3.8) is 0 Å². The van der Waals surface area contributed by atoms with Gasteiger partial charge in [0.25, 0.3) is 0 Å². The van der Waals surface area contributed by atoms with Crippen molar-refractivity contribution in [3.8, 4) is 0 Å². The van der Waals surface area contributed by atoms with Crippen LogP contribution in [-0.2, 0) is 4.74 Å². The van der Waals surface area contributed by atoms with Gasteiger partial charge in [0.2, 0.25) is 0 Å². The third-order valence-corrected chi connectivity index (χ3v) is 4.34. The van der Waals surface area contributed by atoms with E-state index in [2.05, 4.69) is 24.3 Å². The first-order chi connectivity index (χ1) is 10.8. The molecule has 0 spiro atoms. The highest BCUT2D eigenvalue weighted by molar-refractivity contribution is 5.69. The maximum atomic E-state index is 12.6. The second-order valence-electron chi connectivity index (χ2n) is 7.44. The van der Waals surface area contributed by atoms with Gasteiger partial charge in [-0.25, -0.2) is 4.79 Å². The smallest absolute Gasteiger partial charge is 0.410 e. The van der Waals surface area contributed by atoms with Gasteiger partial charge in [-0.05, 0) is 52.5 Å². The summed E-state index contributed by atoms with van der Waals surface area (Å²) in [5.74, 6) is -0.0663. The Kier molecular flexibility index (Phi) is 5.69. The van der Waals surface area contributed by atoms with Crippen LogP contribution in [0.2, 0.25) is 0 Å². The normalized spacial score (nSPS) is 20.2. The maximum Gasteiger partial charge on any atom is 0.410 e. The molecule has 0 bridgehead atoms. The van der Waals surface area contributed by atoms with Crippen molar-refractivity contribution in [2.24, 2.45) is 0 Å². The number of aryl methyl sites for hydroxylation is 1. The van der Waals surface area contributed by atoms with E-state index in [-0.39, 0.29) is 24.7 Å². The van der Waals surface area contributed by atoms with Crippen LogP contribution in [0.25, 0.3) is 0 Å². The molecule has 4 nitrogen and oxygen atoms in total. The predicted molar refractivity (Wildman–Crippen MR) is 91.6 cm³/mol. The van der Waals surface area contributed by atoms with Gasteiger partial charge in [0, 0.05) is 18.5 Å². The first-order valence-electron chi connectivity index (χ1n) is 8.49. The minimum absolute atomic E-state index is 0.00805. The Morgan fingerprint density at radius 3 is 2.52 bits per heavy atom. The molecule has 1 aliphatic rings. The highest BCUT2D eigenvalue weighted by Crippen LogP contribution is 2.31. The van der Waals surface area contributed by atoms with Crippen molar-refractivity contribution in [1.29, 1.82) is 0 Å². The van der Waals surface area contributed by atoms with E-state index in [4.69, 9.17) is 4.74 Å². The summed E-state index contributed by atoms with van der Waals surface area (Å²) in [6.07, 6.45) is 2.69. The van der Waals surface area contributed by atoms with E-state index >= 15 is 0 Å². The first kappa shape index (κ1) is 17.8. The highest BCUT2D eigenvalue weighted by Gasteiger charge is 2.35. The van der Waals surface area contributed by atoms with Crippen molar-refractivity contribution in [2.45, 2.75) is 64.5 Å². The van der Waals surface area contributed by atoms with Crippen LogP contribution < -0.4 is 0 Å². The number of carbonyl (C=O) groups excluding carboxylic acids is 1. The zero-order valence-corrected chi connectivity index (χ0v) is 14.7. The number of aliphatic hydroxyl groups excluding tert-OH is 1. The lowest BCUT2D eigenvalue weighted by atomic mass is 9.85. The van der Waals surface area contributed by atoms with Crippen LogP contribution in [0.3, 0.4) is 0 Å². The predicted octanol–water partition coefficient (Wildman–Crippen LogP) is 3.86. The number of hydrogen-bond acceptors (Lipinski definition) is 3. The first-order valence-corrected chi connectivity index (χ1v) is 8.49. The lowest BCUT2D eigenvalue weighted by molar-refractivity contribution is 0.00347. The Labute approximate surface area is 139 Å². The van der Waals surface area contributed by atoms with E-state index in [0.717, 1.165) is 24.8 Å². The molecule has 1 heterocycles. The molecule has 1 amide bonds. The largest absolute Gasteiger partial charge is 0.444 e. The SMILES string of the molecule is Cc1ccc([C@H](CO)C2CCCCN2C(=O)OC(C)(C)C)cc1. The summed E-state index contributed by atoms with van der Waals surface area (Å²) in [6.45, 7) is 8.42. The van der Waals surface area contributed by atoms with Crippen molar-refractivity contribution < 1.29 is 14.6 Å². The number of carbonyl (C=O) groups is 1. The molecular formula is C19H29NO3. The summed E-state index contributed by atoms with van der Waals surface area (Å²) >= 11 is 0. The van der Waals surface area contributed by atoms with Gasteiger partial charge >= 0.3 is 6.09 Å². The summed E-state index contributed by atoms with van der Waals surface area (Å²) in [7, 11) is 0. The van der Waals surface area contributed by atoms with Crippen molar-refractivity contribution >= 4 is 6.09 Å². The molecule has 1 aromatic carbocycles. The molecule has 1 unspecified atom stereocenters. The number of amides is 1. The summed E-state index contributed by atoms with van der Waals surface area (Å²) in [5, 5.41) is 9.95. The van der Waals surface area contributed by atoms with Crippen LogP contribution in [0.1, 0.15) is 57.1 Å². The van der Waals surface area contributed by atoms with E-state index < -0.39 is 5.60 Å². The molecule has 128 valence electrons. The average molecular weight is 319 g/mol. The number of ether oxygens (including phenoxy) is 1. The molecule has 2 atom stereocenters. The Morgan fingerprint density at radius 1 is 1.30 bits per heavy atom. The molecule has 1 saturated heterocycles.